The lowest BCUT2D eigenvalue weighted by molar-refractivity contribution is -0.196. The number of hydrogen-bond donors (Lipinski definition) is 3. The topological polar surface area (TPSA) is 164 Å². The third-order valence-electron chi connectivity index (χ3n) is 8.09. The van der Waals surface area contributed by atoms with E-state index in [0.29, 0.717) is 17.9 Å². The first-order valence-electron chi connectivity index (χ1n) is 12.2. The molecule has 2 fully saturated rings. The Hall–Kier alpha value is -2.95. The van der Waals surface area contributed by atoms with E-state index in [2.05, 4.69) is 0 Å². The Kier molecular flexibility index (Phi) is 6.65. The van der Waals surface area contributed by atoms with Crippen molar-refractivity contribution in [2.75, 3.05) is 20.7 Å². The molecule has 0 radical (unpaired) electrons. The number of fused-ring (bicyclic) bond motifs is 3. The van der Waals surface area contributed by atoms with Gasteiger partial charge in [0.25, 0.3) is 0 Å². The van der Waals surface area contributed by atoms with Gasteiger partial charge in [-0.05, 0) is 38.1 Å². The zero-order valence-electron chi connectivity index (χ0n) is 20.8. The maximum absolute atomic E-state index is 13.9. The highest BCUT2D eigenvalue weighted by molar-refractivity contribution is 6.32. The number of carbonyl (C=O) groups excluding carboxylic acids is 5. The van der Waals surface area contributed by atoms with Crippen molar-refractivity contribution in [1.29, 1.82) is 0 Å². The van der Waals surface area contributed by atoms with E-state index in [1.165, 1.54) is 19.0 Å². The first kappa shape index (κ1) is 26.1. The van der Waals surface area contributed by atoms with Crippen LogP contribution in [-0.2, 0) is 19.2 Å². The maximum Gasteiger partial charge on any atom is 0.235 e. The Labute approximate surface area is 208 Å². The van der Waals surface area contributed by atoms with Gasteiger partial charge in [-0.15, -0.1) is 0 Å². The Balaban J connectivity index is 1.89. The van der Waals surface area contributed by atoms with Crippen molar-refractivity contribution in [3.8, 4) is 5.75 Å². The van der Waals surface area contributed by atoms with Gasteiger partial charge in [-0.2, -0.15) is 0 Å². The summed E-state index contributed by atoms with van der Waals surface area (Å²) in [5, 5.41) is 23.2. The van der Waals surface area contributed by atoms with E-state index in [0.717, 1.165) is 12.8 Å². The van der Waals surface area contributed by atoms with Gasteiger partial charge in [-0.3, -0.25) is 28.9 Å². The fourth-order valence-corrected chi connectivity index (χ4v) is 6.38. The van der Waals surface area contributed by atoms with Gasteiger partial charge in [0.1, 0.15) is 5.75 Å². The van der Waals surface area contributed by atoms with Crippen molar-refractivity contribution in [1.82, 2.24) is 4.90 Å². The minimum absolute atomic E-state index is 0.180. The van der Waals surface area contributed by atoms with E-state index in [4.69, 9.17) is 10.5 Å². The number of aliphatic hydroxyl groups is 2. The zero-order chi connectivity index (χ0) is 26.7. The van der Waals surface area contributed by atoms with E-state index in [-0.39, 0.29) is 5.56 Å². The van der Waals surface area contributed by atoms with E-state index >= 15 is 0 Å². The van der Waals surface area contributed by atoms with Crippen LogP contribution in [0.15, 0.2) is 18.2 Å². The van der Waals surface area contributed by atoms with Crippen molar-refractivity contribution >= 4 is 29.0 Å². The standard InChI is InChI=1S/C26H32N2O8/c1-5-6-10-36-13-9-7-8-12-11(2)14-16(20(29)15(12)13)23(32)26(35)18(21(14)30)19(28(3)4)22(31)17(24(26)33)25(27)34/h7-9,11,14,16-19,21,30,35H,5-6,10H2,1-4H3,(H2,27,34). The number of ketones is 4. The van der Waals surface area contributed by atoms with Crippen LogP contribution in [0, 0.1) is 23.7 Å². The Morgan fingerprint density at radius 1 is 1.17 bits per heavy atom. The first-order valence-corrected chi connectivity index (χ1v) is 12.2. The minimum Gasteiger partial charge on any atom is -0.493 e. The number of Topliss-reactive ketones (excluding diaryl/α,β-unsaturated/α-hetero) is 4. The molecule has 1 aromatic carbocycles. The Bertz CT molecular complexity index is 1150. The third kappa shape index (κ3) is 3.46. The number of primary amides is 1. The number of nitrogens with two attached hydrogens (primary N) is 1. The summed E-state index contributed by atoms with van der Waals surface area (Å²) in [6.45, 7) is 4.10. The van der Waals surface area contributed by atoms with Crippen molar-refractivity contribution in [3.63, 3.8) is 0 Å². The molecule has 10 heteroatoms. The summed E-state index contributed by atoms with van der Waals surface area (Å²) >= 11 is 0. The molecule has 1 amide bonds. The molecule has 0 heterocycles. The van der Waals surface area contributed by atoms with Crippen LogP contribution in [0.4, 0.5) is 0 Å². The zero-order valence-corrected chi connectivity index (χ0v) is 20.8. The molecule has 36 heavy (non-hydrogen) atoms. The van der Waals surface area contributed by atoms with Crippen LogP contribution < -0.4 is 10.5 Å². The molecule has 8 atom stereocenters. The van der Waals surface area contributed by atoms with Crippen LogP contribution in [-0.4, -0.2) is 82.6 Å². The van der Waals surface area contributed by atoms with Crippen LogP contribution in [0.1, 0.15) is 48.5 Å². The number of hydrogen-bond acceptors (Lipinski definition) is 9. The molecule has 3 aliphatic rings. The summed E-state index contributed by atoms with van der Waals surface area (Å²) in [5.74, 6) is -11.8. The molecule has 0 aromatic heterocycles. The molecule has 1 aromatic rings. The molecule has 0 spiro atoms. The molecule has 0 saturated heterocycles. The molecule has 194 valence electrons. The van der Waals surface area contributed by atoms with E-state index in [9.17, 15) is 34.2 Å². The lowest BCUT2D eigenvalue weighted by Crippen LogP contribution is -2.77. The van der Waals surface area contributed by atoms with Crippen molar-refractivity contribution in [2.45, 2.75) is 50.4 Å². The van der Waals surface area contributed by atoms with Crippen LogP contribution in [0.5, 0.6) is 5.75 Å². The number of benzene rings is 1. The summed E-state index contributed by atoms with van der Waals surface area (Å²) in [5.41, 5.74) is 3.15. The number of rotatable bonds is 6. The molecule has 8 unspecified atom stereocenters. The van der Waals surface area contributed by atoms with Gasteiger partial charge in [-0.25, -0.2) is 0 Å². The summed E-state index contributed by atoms with van der Waals surface area (Å²) in [6.07, 6.45) is 0.0446. The second-order valence-corrected chi connectivity index (χ2v) is 10.3. The number of likely N-dealkylation sites (N-methyl/N-ethyl adjacent to an activating group) is 1. The summed E-state index contributed by atoms with van der Waals surface area (Å²) in [6, 6.07) is 3.72. The number of carbonyl (C=O) groups is 5. The van der Waals surface area contributed by atoms with E-state index in [1.807, 2.05) is 6.92 Å². The monoisotopic (exact) mass is 500 g/mol. The number of unbranched alkanes of at least 4 members (excludes halogenated alkanes) is 1. The summed E-state index contributed by atoms with van der Waals surface area (Å²) in [7, 11) is 2.95. The maximum atomic E-state index is 13.9. The summed E-state index contributed by atoms with van der Waals surface area (Å²) in [4.78, 5) is 67.7. The molecule has 2 saturated carbocycles. The average Bonchev–Trinajstić information content (AvgIpc) is 2.81. The van der Waals surface area contributed by atoms with Crippen LogP contribution in [0.3, 0.4) is 0 Å². The number of aliphatic hydroxyl groups excluding tert-OH is 1. The van der Waals surface area contributed by atoms with Gasteiger partial charge >= 0.3 is 0 Å². The second-order valence-electron chi connectivity index (χ2n) is 10.3. The predicted octanol–water partition coefficient (Wildman–Crippen LogP) is -0.128. The average molecular weight is 501 g/mol. The van der Waals surface area contributed by atoms with Gasteiger partial charge in [0.2, 0.25) is 5.91 Å². The fraction of sp³-hybridized carbons (Fsp3) is 0.577. The second kappa shape index (κ2) is 9.17. The molecule has 10 nitrogen and oxygen atoms in total. The van der Waals surface area contributed by atoms with Crippen molar-refractivity contribution < 1.29 is 38.9 Å². The minimum atomic E-state index is -2.94. The van der Waals surface area contributed by atoms with Crippen molar-refractivity contribution in [3.05, 3.63) is 29.3 Å². The Morgan fingerprint density at radius 3 is 2.42 bits per heavy atom. The molecular weight excluding hydrogens is 468 g/mol. The number of ether oxygens (including phenoxy) is 1. The van der Waals surface area contributed by atoms with Gasteiger partial charge in [0.05, 0.1) is 36.2 Å². The van der Waals surface area contributed by atoms with Crippen LogP contribution >= 0.6 is 0 Å². The normalized spacial score (nSPS) is 35.8. The van der Waals surface area contributed by atoms with Gasteiger partial charge in [0, 0.05) is 5.92 Å². The first-order chi connectivity index (χ1) is 16.9. The quantitative estimate of drug-likeness (QED) is 0.356. The lowest BCUT2D eigenvalue weighted by atomic mass is 9.49. The smallest absolute Gasteiger partial charge is 0.235 e. The third-order valence-corrected chi connectivity index (χ3v) is 8.09. The molecule has 0 aliphatic heterocycles. The Morgan fingerprint density at radius 2 is 1.83 bits per heavy atom. The number of nitrogens with zero attached hydrogens (tertiary/aromatic N) is 1. The van der Waals surface area contributed by atoms with Crippen LogP contribution in [0.25, 0.3) is 0 Å². The molecule has 4 rings (SSSR count). The van der Waals surface area contributed by atoms with Crippen molar-refractivity contribution in [2.24, 2.45) is 29.4 Å². The highest BCUT2D eigenvalue weighted by Crippen LogP contribution is 2.54. The molecular formula is C26H32N2O8. The highest BCUT2D eigenvalue weighted by atomic mass is 16.5. The predicted molar refractivity (Wildman–Crippen MR) is 126 cm³/mol. The highest BCUT2D eigenvalue weighted by Gasteiger charge is 2.72. The summed E-state index contributed by atoms with van der Waals surface area (Å²) < 4.78 is 5.83. The van der Waals surface area contributed by atoms with E-state index < -0.39 is 76.4 Å². The number of amides is 1. The van der Waals surface area contributed by atoms with Gasteiger partial charge in [-0.1, -0.05) is 32.4 Å². The lowest BCUT2D eigenvalue weighted by Gasteiger charge is -2.56. The van der Waals surface area contributed by atoms with Gasteiger partial charge < -0.3 is 20.7 Å². The molecule has 3 aliphatic carbocycles. The fourth-order valence-electron chi connectivity index (χ4n) is 6.38. The molecule has 0 bridgehead atoms. The SMILES string of the molecule is CCCCOc1cccc2c1C(=O)C1C(=O)C3(O)C(=O)C(C(N)=O)C(=O)C(N(C)C)C3C(O)C1C2C. The van der Waals surface area contributed by atoms with Crippen LogP contribution in [0.2, 0.25) is 0 Å². The molecule has 4 N–H and O–H groups in total. The largest absolute Gasteiger partial charge is 0.493 e. The van der Waals surface area contributed by atoms with E-state index in [1.54, 1.807) is 25.1 Å². The van der Waals surface area contributed by atoms with Gasteiger partial charge in [0.15, 0.2) is 34.7 Å².